The van der Waals surface area contributed by atoms with Gasteiger partial charge in [0.05, 0.1) is 11.3 Å². The van der Waals surface area contributed by atoms with Crippen LogP contribution in [0.25, 0.3) is 0 Å². The number of hydrogen-bond acceptors (Lipinski definition) is 2. The number of halogens is 1. The van der Waals surface area contributed by atoms with Crippen LogP contribution in [0.3, 0.4) is 0 Å². The number of aromatic carboxylic acids is 1. The number of carbonyl (C=O) groups excluding carboxylic acids is 1. The van der Waals surface area contributed by atoms with E-state index in [4.69, 9.17) is 16.7 Å². The lowest BCUT2D eigenvalue weighted by molar-refractivity contribution is -0.112. The highest BCUT2D eigenvalue weighted by Crippen LogP contribution is 2.21. The van der Waals surface area contributed by atoms with Crippen molar-refractivity contribution in [2.24, 2.45) is 0 Å². The van der Waals surface area contributed by atoms with E-state index in [1.54, 1.807) is 13.0 Å². The second kappa shape index (κ2) is 6.21. The molecule has 0 atom stereocenters. The Morgan fingerprint density at radius 1 is 1.44 bits per heavy atom. The van der Waals surface area contributed by atoms with Crippen LogP contribution < -0.4 is 5.32 Å². The monoisotopic (exact) mass is 267 g/mol. The Labute approximate surface area is 110 Å². The molecule has 0 aromatic heterocycles. The van der Waals surface area contributed by atoms with E-state index in [0.29, 0.717) is 10.6 Å². The molecular weight excluding hydrogens is 254 g/mol. The van der Waals surface area contributed by atoms with Crippen molar-refractivity contribution in [1.82, 2.24) is 0 Å². The van der Waals surface area contributed by atoms with Gasteiger partial charge in [0, 0.05) is 10.6 Å². The van der Waals surface area contributed by atoms with E-state index in [1.807, 2.05) is 6.92 Å². The standard InChI is InChI=1S/C13H14ClNO3/c1-3-4-8(2)12(16)15-11-7-9(14)5-6-10(11)13(17)18/h4-7H,3H2,1-2H3,(H,15,16)(H,17,18)/b8-4+. The van der Waals surface area contributed by atoms with Crippen molar-refractivity contribution in [3.63, 3.8) is 0 Å². The quantitative estimate of drug-likeness (QED) is 0.822. The molecule has 0 aliphatic carbocycles. The fourth-order valence-electron chi connectivity index (χ4n) is 1.43. The average molecular weight is 268 g/mol. The lowest BCUT2D eigenvalue weighted by Gasteiger charge is -2.09. The second-order valence-electron chi connectivity index (χ2n) is 3.74. The Hall–Kier alpha value is -1.81. The molecule has 5 heteroatoms. The van der Waals surface area contributed by atoms with Gasteiger partial charge in [-0.2, -0.15) is 0 Å². The van der Waals surface area contributed by atoms with Gasteiger partial charge in [-0.15, -0.1) is 0 Å². The first kappa shape index (κ1) is 14.3. The van der Waals surface area contributed by atoms with Crippen molar-refractivity contribution >= 4 is 29.2 Å². The molecule has 96 valence electrons. The third kappa shape index (κ3) is 3.60. The van der Waals surface area contributed by atoms with Crippen molar-refractivity contribution in [2.45, 2.75) is 20.3 Å². The molecule has 1 aromatic rings. The minimum Gasteiger partial charge on any atom is -0.478 e. The first-order chi connectivity index (χ1) is 8.45. The number of rotatable bonds is 4. The van der Waals surface area contributed by atoms with E-state index < -0.39 is 5.97 Å². The van der Waals surface area contributed by atoms with E-state index in [0.717, 1.165) is 6.42 Å². The van der Waals surface area contributed by atoms with Crippen LogP contribution in [0.2, 0.25) is 5.02 Å². The molecule has 0 unspecified atom stereocenters. The first-order valence-electron chi connectivity index (χ1n) is 5.46. The molecule has 2 N–H and O–H groups in total. The SMILES string of the molecule is CC/C=C(\C)C(=O)Nc1cc(Cl)ccc1C(=O)O. The molecule has 0 bridgehead atoms. The first-order valence-corrected chi connectivity index (χ1v) is 5.84. The molecule has 1 aromatic carbocycles. The predicted molar refractivity (Wildman–Crippen MR) is 71.1 cm³/mol. The summed E-state index contributed by atoms with van der Waals surface area (Å²) in [6.07, 6.45) is 2.50. The highest BCUT2D eigenvalue weighted by molar-refractivity contribution is 6.31. The number of amides is 1. The number of benzene rings is 1. The van der Waals surface area contributed by atoms with Gasteiger partial charge in [-0.05, 0) is 31.5 Å². The zero-order chi connectivity index (χ0) is 13.7. The molecule has 1 rings (SSSR count). The minimum absolute atomic E-state index is 0.0112. The van der Waals surface area contributed by atoms with Crippen LogP contribution in [0.1, 0.15) is 30.6 Å². The third-order valence-corrected chi connectivity index (χ3v) is 2.56. The molecule has 0 saturated carbocycles. The van der Waals surface area contributed by atoms with E-state index in [9.17, 15) is 9.59 Å². The van der Waals surface area contributed by atoms with E-state index in [2.05, 4.69) is 5.32 Å². The summed E-state index contributed by atoms with van der Waals surface area (Å²) < 4.78 is 0. The third-order valence-electron chi connectivity index (χ3n) is 2.33. The Balaban J connectivity index is 3.03. The molecule has 18 heavy (non-hydrogen) atoms. The summed E-state index contributed by atoms with van der Waals surface area (Å²) in [7, 11) is 0. The Bertz CT molecular complexity index is 509. The normalized spacial score (nSPS) is 11.2. The number of carboxylic acids is 1. The molecule has 0 heterocycles. The molecule has 0 spiro atoms. The minimum atomic E-state index is -1.11. The highest BCUT2D eigenvalue weighted by atomic mass is 35.5. The van der Waals surface area contributed by atoms with Crippen LogP contribution in [0.5, 0.6) is 0 Å². The summed E-state index contributed by atoms with van der Waals surface area (Å²) in [5.41, 5.74) is 0.745. The Morgan fingerprint density at radius 3 is 2.67 bits per heavy atom. The Kier molecular flexibility index (Phi) is 4.92. The second-order valence-corrected chi connectivity index (χ2v) is 4.18. The molecule has 0 aliphatic rings. The van der Waals surface area contributed by atoms with Crippen molar-refractivity contribution in [1.29, 1.82) is 0 Å². The molecule has 0 saturated heterocycles. The summed E-state index contributed by atoms with van der Waals surface area (Å²) in [4.78, 5) is 22.8. The molecular formula is C13H14ClNO3. The Morgan fingerprint density at radius 2 is 2.11 bits per heavy atom. The van der Waals surface area contributed by atoms with E-state index >= 15 is 0 Å². The van der Waals surface area contributed by atoms with Crippen LogP contribution in [0.15, 0.2) is 29.8 Å². The zero-order valence-electron chi connectivity index (χ0n) is 10.2. The maximum absolute atomic E-state index is 11.8. The van der Waals surface area contributed by atoms with Gasteiger partial charge in [0.1, 0.15) is 0 Å². The van der Waals surface area contributed by atoms with Crippen molar-refractivity contribution < 1.29 is 14.7 Å². The van der Waals surface area contributed by atoms with Crippen LogP contribution in [-0.4, -0.2) is 17.0 Å². The van der Waals surface area contributed by atoms with Crippen LogP contribution in [-0.2, 0) is 4.79 Å². The lowest BCUT2D eigenvalue weighted by atomic mass is 10.1. The van der Waals surface area contributed by atoms with Crippen molar-refractivity contribution in [3.8, 4) is 0 Å². The van der Waals surface area contributed by atoms with Gasteiger partial charge in [0.15, 0.2) is 0 Å². The molecule has 1 amide bonds. The highest BCUT2D eigenvalue weighted by Gasteiger charge is 2.13. The van der Waals surface area contributed by atoms with E-state index in [-0.39, 0.29) is 17.2 Å². The maximum Gasteiger partial charge on any atom is 0.337 e. The molecule has 0 aliphatic heterocycles. The fourth-order valence-corrected chi connectivity index (χ4v) is 1.60. The van der Waals surface area contributed by atoms with Gasteiger partial charge in [0.25, 0.3) is 5.91 Å². The average Bonchev–Trinajstić information content (AvgIpc) is 2.28. The number of nitrogens with one attached hydrogen (secondary N) is 1. The molecule has 0 fully saturated rings. The van der Waals surface area contributed by atoms with Crippen molar-refractivity contribution in [2.75, 3.05) is 5.32 Å². The number of carboxylic acid groups (broad SMARTS) is 1. The van der Waals surface area contributed by atoms with Gasteiger partial charge in [-0.1, -0.05) is 24.6 Å². The van der Waals surface area contributed by atoms with Crippen LogP contribution >= 0.6 is 11.6 Å². The van der Waals surface area contributed by atoms with Gasteiger partial charge in [0.2, 0.25) is 0 Å². The van der Waals surface area contributed by atoms with Gasteiger partial charge < -0.3 is 10.4 Å². The molecule has 0 radical (unpaired) electrons. The van der Waals surface area contributed by atoms with Crippen LogP contribution in [0.4, 0.5) is 5.69 Å². The van der Waals surface area contributed by atoms with Gasteiger partial charge >= 0.3 is 5.97 Å². The predicted octanol–water partition coefficient (Wildman–Crippen LogP) is 3.33. The topological polar surface area (TPSA) is 66.4 Å². The summed E-state index contributed by atoms with van der Waals surface area (Å²) in [5, 5.41) is 11.9. The summed E-state index contributed by atoms with van der Waals surface area (Å²) >= 11 is 5.79. The number of allylic oxidation sites excluding steroid dienone is 1. The van der Waals surface area contributed by atoms with E-state index in [1.165, 1.54) is 18.2 Å². The fraction of sp³-hybridized carbons (Fsp3) is 0.231. The van der Waals surface area contributed by atoms with Gasteiger partial charge in [-0.25, -0.2) is 4.79 Å². The maximum atomic E-state index is 11.8. The number of hydrogen-bond donors (Lipinski definition) is 2. The number of anilines is 1. The summed E-state index contributed by atoms with van der Waals surface area (Å²) in [6, 6.07) is 4.25. The van der Waals surface area contributed by atoms with Gasteiger partial charge in [-0.3, -0.25) is 4.79 Å². The van der Waals surface area contributed by atoms with Crippen molar-refractivity contribution in [3.05, 3.63) is 40.4 Å². The lowest BCUT2D eigenvalue weighted by Crippen LogP contribution is -2.15. The summed E-state index contributed by atoms with van der Waals surface area (Å²) in [6.45, 7) is 3.59. The van der Waals surface area contributed by atoms with Crippen LogP contribution in [0, 0.1) is 0 Å². The zero-order valence-corrected chi connectivity index (χ0v) is 10.9. The number of carbonyl (C=O) groups is 2. The molecule has 4 nitrogen and oxygen atoms in total. The largest absolute Gasteiger partial charge is 0.478 e. The summed E-state index contributed by atoms with van der Waals surface area (Å²) in [5.74, 6) is -1.44. The smallest absolute Gasteiger partial charge is 0.337 e.